The van der Waals surface area contributed by atoms with Crippen LogP contribution in [-0.2, 0) is 20.9 Å². The van der Waals surface area contributed by atoms with Gasteiger partial charge in [0.2, 0.25) is 0 Å². The molecule has 1 aliphatic heterocycles. The number of alkyl halides is 3. The van der Waals surface area contributed by atoms with E-state index in [0.717, 1.165) is 16.8 Å². The van der Waals surface area contributed by atoms with E-state index >= 15 is 0 Å². The van der Waals surface area contributed by atoms with E-state index in [-0.39, 0.29) is 12.1 Å². The van der Waals surface area contributed by atoms with E-state index in [2.05, 4.69) is 20.4 Å². The summed E-state index contributed by atoms with van der Waals surface area (Å²) in [4.78, 5) is 24.2. The molecule has 0 aliphatic carbocycles. The second-order valence-corrected chi connectivity index (χ2v) is 7.88. The van der Waals surface area contributed by atoms with Gasteiger partial charge in [-0.1, -0.05) is 53.5 Å². The standard InChI is InChI=1S/C18H20Cl2FN3O2.C3H4O2/c1-22-10-14-7-6-13(9-23-14)11-2-4-12(5-3-11)16(25)15(8-21)24-18(26)17(19)20;1-2-3(4)5-2/h2-7,9,15-17,22,25H,8,10H2,1H3,(H,24,26);2H,1H3. The van der Waals surface area contributed by atoms with Crippen LogP contribution >= 0.6 is 23.2 Å². The van der Waals surface area contributed by atoms with Crippen molar-refractivity contribution in [2.45, 2.75) is 36.6 Å². The van der Waals surface area contributed by atoms with Crippen molar-refractivity contribution in [1.29, 1.82) is 0 Å². The zero-order valence-electron chi connectivity index (χ0n) is 17.0. The number of benzene rings is 1. The third-order valence-electron chi connectivity index (χ3n) is 4.41. The number of ether oxygens (including phenoxy) is 1. The molecule has 7 nitrogen and oxygen atoms in total. The third-order valence-corrected chi connectivity index (χ3v) is 4.81. The van der Waals surface area contributed by atoms with Gasteiger partial charge in [0.05, 0.1) is 11.7 Å². The van der Waals surface area contributed by atoms with Crippen LogP contribution in [0.3, 0.4) is 0 Å². The molecule has 2 heterocycles. The number of nitrogens with zero attached hydrogens (tertiary/aromatic N) is 1. The van der Waals surface area contributed by atoms with Gasteiger partial charge >= 0.3 is 5.97 Å². The number of nitrogens with one attached hydrogen (secondary N) is 2. The summed E-state index contributed by atoms with van der Waals surface area (Å²) in [5.41, 5.74) is 3.24. The molecule has 168 valence electrons. The van der Waals surface area contributed by atoms with E-state index < -0.39 is 29.6 Å². The lowest BCUT2D eigenvalue weighted by Crippen LogP contribution is -2.43. The number of hydrogen-bond acceptors (Lipinski definition) is 6. The van der Waals surface area contributed by atoms with Crippen molar-refractivity contribution in [3.05, 3.63) is 53.9 Å². The number of aromatic nitrogens is 1. The minimum Gasteiger partial charge on any atom is -0.448 e. The van der Waals surface area contributed by atoms with Gasteiger partial charge in [-0.15, -0.1) is 0 Å². The van der Waals surface area contributed by atoms with Gasteiger partial charge < -0.3 is 20.5 Å². The summed E-state index contributed by atoms with van der Waals surface area (Å²) in [6, 6.07) is 9.71. The molecular weight excluding hydrogens is 448 g/mol. The van der Waals surface area contributed by atoms with Crippen LogP contribution in [0.5, 0.6) is 0 Å². The van der Waals surface area contributed by atoms with Crippen molar-refractivity contribution in [2.75, 3.05) is 13.7 Å². The molecule has 3 unspecified atom stereocenters. The summed E-state index contributed by atoms with van der Waals surface area (Å²) in [7, 11) is 1.85. The summed E-state index contributed by atoms with van der Waals surface area (Å²) in [6.45, 7) is 1.46. The number of aliphatic hydroxyl groups is 1. The van der Waals surface area contributed by atoms with Crippen LogP contribution in [0.25, 0.3) is 11.1 Å². The Morgan fingerprint density at radius 2 is 1.81 bits per heavy atom. The van der Waals surface area contributed by atoms with Crippen LogP contribution in [0, 0.1) is 0 Å². The Labute approximate surface area is 189 Å². The summed E-state index contributed by atoms with van der Waals surface area (Å²) < 4.78 is 17.5. The van der Waals surface area contributed by atoms with Crippen molar-refractivity contribution in [3.8, 4) is 11.1 Å². The van der Waals surface area contributed by atoms with Gasteiger partial charge in [0, 0.05) is 18.3 Å². The molecule has 3 atom stereocenters. The number of aliphatic hydroxyl groups excluding tert-OH is 1. The largest absolute Gasteiger partial charge is 0.448 e. The van der Waals surface area contributed by atoms with E-state index in [4.69, 9.17) is 23.2 Å². The Balaban J connectivity index is 0.000000597. The summed E-state index contributed by atoms with van der Waals surface area (Å²) in [5.74, 6) is -0.829. The second kappa shape index (κ2) is 12.0. The van der Waals surface area contributed by atoms with Gasteiger partial charge in [0.25, 0.3) is 5.91 Å². The van der Waals surface area contributed by atoms with E-state index in [1.165, 1.54) is 0 Å². The van der Waals surface area contributed by atoms with Crippen LogP contribution in [0.1, 0.15) is 24.3 Å². The number of halogens is 3. The lowest BCUT2D eigenvalue weighted by atomic mass is 9.99. The van der Waals surface area contributed by atoms with Crippen molar-refractivity contribution in [2.24, 2.45) is 0 Å². The van der Waals surface area contributed by atoms with Crippen LogP contribution < -0.4 is 10.6 Å². The molecule has 0 radical (unpaired) electrons. The average molecular weight is 472 g/mol. The summed E-state index contributed by atoms with van der Waals surface area (Å²) in [5, 5.41) is 15.6. The SMILES string of the molecule is CC1OC1=O.CNCc1ccc(-c2ccc(C(O)C(CF)NC(=O)C(Cl)Cl)cc2)cn1. The summed E-state index contributed by atoms with van der Waals surface area (Å²) in [6.07, 6.45) is 0.459. The topological polar surface area (TPSA) is 104 Å². The molecule has 1 saturated heterocycles. The predicted octanol–water partition coefficient (Wildman–Crippen LogP) is 2.69. The molecule has 1 amide bonds. The van der Waals surface area contributed by atoms with Crippen LogP contribution in [0.15, 0.2) is 42.6 Å². The Bertz CT molecular complexity index is 866. The highest BCUT2D eigenvalue weighted by Gasteiger charge is 2.31. The molecule has 3 N–H and O–H groups in total. The van der Waals surface area contributed by atoms with Gasteiger partial charge in [-0.2, -0.15) is 0 Å². The molecule has 1 aromatic heterocycles. The lowest BCUT2D eigenvalue weighted by molar-refractivity contribution is -0.121. The van der Waals surface area contributed by atoms with Gasteiger partial charge in [-0.3, -0.25) is 9.78 Å². The number of pyridine rings is 1. The number of carbonyl (C=O) groups is 2. The number of rotatable bonds is 8. The fraction of sp³-hybridized carbons (Fsp3) is 0.381. The maximum atomic E-state index is 13.2. The van der Waals surface area contributed by atoms with E-state index in [0.29, 0.717) is 12.1 Å². The van der Waals surface area contributed by atoms with Crippen molar-refractivity contribution >= 4 is 35.1 Å². The maximum absolute atomic E-state index is 13.2. The van der Waals surface area contributed by atoms with Crippen molar-refractivity contribution in [3.63, 3.8) is 0 Å². The highest BCUT2D eigenvalue weighted by molar-refractivity contribution is 6.53. The zero-order valence-corrected chi connectivity index (χ0v) is 18.5. The normalized spacial score (nSPS) is 16.6. The van der Waals surface area contributed by atoms with Crippen LogP contribution in [0.4, 0.5) is 4.39 Å². The number of hydrogen-bond donors (Lipinski definition) is 3. The molecule has 3 rings (SSSR count). The Morgan fingerprint density at radius 3 is 2.23 bits per heavy atom. The van der Waals surface area contributed by atoms with Crippen molar-refractivity contribution < 1.29 is 23.8 Å². The molecular formula is C21H24Cl2FN3O4. The van der Waals surface area contributed by atoms with Gasteiger partial charge in [0.1, 0.15) is 12.8 Å². The molecule has 10 heteroatoms. The third kappa shape index (κ3) is 7.74. The number of amides is 1. The monoisotopic (exact) mass is 471 g/mol. The fourth-order valence-electron chi connectivity index (χ4n) is 2.57. The lowest BCUT2D eigenvalue weighted by Gasteiger charge is -2.22. The quantitative estimate of drug-likeness (QED) is 0.403. The predicted molar refractivity (Wildman–Crippen MR) is 116 cm³/mol. The minimum absolute atomic E-state index is 0.0787. The molecule has 0 saturated carbocycles. The average Bonchev–Trinajstić information content (AvgIpc) is 3.44. The first kappa shape index (κ1) is 25.0. The highest BCUT2D eigenvalue weighted by Crippen LogP contribution is 2.24. The Kier molecular flexibility index (Phi) is 9.64. The smallest absolute Gasteiger partial charge is 0.347 e. The maximum Gasteiger partial charge on any atom is 0.347 e. The first-order valence-corrected chi connectivity index (χ1v) is 10.4. The van der Waals surface area contributed by atoms with Crippen LogP contribution in [-0.4, -0.2) is 52.7 Å². The Morgan fingerprint density at radius 1 is 1.23 bits per heavy atom. The van der Waals surface area contributed by atoms with E-state index in [1.54, 1.807) is 37.4 Å². The first-order valence-electron chi connectivity index (χ1n) is 9.49. The molecule has 2 aromatic rings. The molecule has 1 fully saturated rings. The second-order valence-electron chi connectivity index (χ2n) is 6.78. The molecule has 0 spiro atoms. The Hall–Kier alpha value is -2.26. The first-order chi connectivity index (χ1) is 14.8. The van der Waals surface area contributed by atoms with Crippen molar-refractivity contribution in [1.82, 2.24) is 15.6 Å². The van der Waals surface area contributed by atoms with Gasteiger partial charge in [-0.25, -0.2) is 9.18 Å². The minimum atomic E-state index is -1.32. The van der Waals surface area contributed by atoms with Gasteiger partial charge in [-0.05, 0) is 31.2 Å². The number of cyclic esters (lactones) is 1. The number of epoxide rings is 1. The zero-order chi connectivity index (χ0) is 23.0. The fourth-order valence-corrected chi connectivity index (χ4v) is 2.70. The molecule has 1 aromatic carbocycles. The summed E-state index contributed by atoms with van der Waals surface area (Å²) >= 11 is 10.9. The molecule has 1 aliphatic rings. The highest BCUT2D eigenvalue weighted by atomic mass is 35.5. The molecule has 0 bridgehead atoms. The molecule has 31 heavy (non-hydrogen) atoms. The number of carbonyl (C=O) groups excluding carboxylic acids is 2. The van der Waals surface area contributed by atoms with Gasteiger partial charge in [0.15, 0.2) is 10.9 Å². The van der Waals surface area contributed by atoms with E-state index in [1.807, 2.05) is 19.2 Å². The van der Waals surface area contributed by atoms with E-state index in [9.17, 15) is 19.1 Å². The van der Waals surface area contributed by atoms with Crippen LogP contribution in [0.2, 0.25) is 0 Å².